The van der Waals surface area contributed by atoms with E-state index in [4.69, 9.17) is 32.4 Å². The number of esters is 1. The molecule has 9 nitrogen and oxygen atoms in total. The second kappa shape index (κ2) is 10.9. The summed E-state index contributed by atoms with van der Waals surface area (Å²) in [5, 5.41) is 1.90. The molecular formula is C28H20Cl2N2O7. The number of ketones is 1. The first-order valence-electron chi connectivity index (χ1n) is 11.9. The van der Waals surface area contributed by atoms with Crippen LogP contribution in [0.5, 0.6) is 5.75 Å². The van der Waals surface area contributed by atoms with E-state index in [1.165, 1.54) is 54.8 Å². The predicted octanol–water partition coefficient (Wildman–Crippen LogP) is 5.00. The number of hydrazine groups is 1. The molecular weight excluding hydrogens is 547 g/mol. The summed E-state index contributed by atoms with van der Waals surface area (Å²) in [6.45, 7) is -0.617. The number of Topliss-reactive ketones (excluding diaryl/α,β-unsaturated/α-hetero) is 1. The van der Waals surface area contributed by atoms with Crippen LogP contribution in [0.4, 0.5) is 0 Å². The van der Waals surface area contributed by atoms with Crippen LogP contribution in [-0.2, 0) is 9.59 Å². The van der Waals surface area contributed by atoms with E-state index in [-0.39, 0.29) is 32.7 Å². The van der Waals surface area contributed by atoms with Gasteiger partial charge in [0, 0.05) is 10.6 Å². The molecule has 1 aliphatic heterocycles. The van der Waals surface area contributed by atoms with Crippen molar-refractivity contribution in [2.75, 3.05) is 6.54 Å². The second-order valence-corrected chi connectivity index (χ2v) is 9.79. The quantitative estimate of drug-likeness (QED) is 0.130. The van der Waals surface area contributed by atoms with E-state index in [9.17, 15) is 24.0 Å². The molecule has 39 heavy (non-hydrogen) atoms. The van der Waals surface area contributed by atoms with Crippen LogP contribution in [0, 0.1) is 11.8 Å². The standard InChI is InChI=1S/C28H20Cl2N2O7/c29-17-9-12-21(22(30)14-17)25(34)31(32-26(35)19-4-1-2-5-20(19)27(32)36)15-23(33)16-7-10-18(11-8-16)39-28(37)24-6-3-13-38-24/h1-3,6-14,19-20H,4-5,15H2/t19-,20-/m1/s1. The Hall–Kier alpha value is -4.21. The molecule has 0 unspecified atom stereocenters. The maximum absolute atomic E-state index is 13.6. The van der Waals surface area contributed by atoms with Gasteiger partial charge in [-0.2, -0.15) is 5.01 Å². The van der Waals surface area contributed by atoms with Gasteiger partial charge in [-0.25, -0.2) is 9.80 Å². The summed E-state index contributed by atoms with van der Waals surface area (Å²) in [7, 11) is 0. The fourth-order valence-electron chi connectivity index (χ4n) is 4.54. The number of carbonyl (C=O) groups excluding carboxylic acids is 5. The number of hydrogen-bond donors (Lipinski definition) is 0. The van der Waals surface area contributed by atoms with Gasteiger partial charge in [0.2, 0.25) is 5.76 Å². The Morgan fingerprint density at radius 1 is 0.949 bits per heavy atom. The zero-order valence-electron chi connectivity index (χ0n) is 20.2. The van der Waals surface area contributed by atoms with Crippen molar-refractivity contribution in [1.82, 2.24) is 10.0 Å². The van der Waals surface area contributed by atoms with Gasteiger partial charge in [0.15, 0.2) is 5.78 Å². The fraction of sp³-hybridized carbons (Fsp3) is 0.179. The van der Waals surface area contributed by atoms with Gasteiger partial charge in [-0.15, -0.1) is 0 Å². The summed E-state index contributed by atoms with van der Waals surface area (Å²) >= 11 is 12.2. The van der Waals surface area contributed by atoms with Crippen LogP contribution in [0.1, 0.15) is 44.1 Å². The van der Waals surface area contributed by atoms with Gasteiger partial charge in [-0.1, -0.05) is 35.4 Å². The molecule has 0 bridgehead atoms. The van der Waals surface area contributed by atoms with Crippen LogP contribution in [0.15, 0.2) is 77.4 Å². The van der Waals surface area contributed by atoms with E-state index in [0.717, 1.165) is 10.0 Å². The summed E-state index contributed by atoms with van der Waals surface area (Å²) in [6.07, 6.45) is 5.71. The largest absolute Gasteiger partial charge is 0.457 e. The van der Waals surface area contributed by atoms with Crippen LogP contribution in [-0.4, -0.2) is 46.0 Å². The molecule has 3 amide bonds. The molecule has 11 heteroatoms. The monoisotopic (exact) mass is 566 g/mol. The number of imide groups is 1. The lowest BCUT2D eigenvalue weighted by Gasteiger charge is -2.30. The number of rotatable bonds is 7. The highest BCUT2D eigenvalue weighted by Gasteiger charge is 2.51. The number of carbonyl (C=O) groups is 5. The Kier molecular flexibility index (Phi) is 7.36. The van der Waals surface area contributed by atoms with Crippen LogP contribution < -0.4 is 4.74 Å². The predicted molar refractivity (Wildman–Crippen MR) is 139 cm³/mol. The first-order chi connectivity index (χ1) is 18.7. The molecule has 198 valence electrons. The van der Waals surface area contributed by atoms with E-state index in [2.05, 4.69) is 0 Å². The minimum absolute atomic E-state index is 0.00542. The van der Waals surface area contributed by atoms with Gasteiger partial charge in [0.25, 0.3) is 17.7 Å². The number of hydrogen-bond acceptors (Lipinski definition) is 7. The molecule has 0 saturated carbocycles. The van der Waals surface area contributed by atoms with E-state index in [0.29, 0.717) is 12.8 Å². The lowest BCUT2D eigenvalue weighted by molar-refractivity contribution is -0.154. The molecule has 2 aromatic carbocycles. The molecule has 1 aromatic heterocycles. The molecule has 2 aliphatic rings. The van der Waals surface area contributed by atoms with Crippen LogP contribution >= 0.6 is 23.2 Å². The van der Waals surface area contributed by atoms with Crippen molar-refractivity contribution >= 4 is 52.7 Å². The minimum Gasteiger partial charge on any atom is -0.457 e. The average Bonchev–Trinajstić information content (AvgIpc) is 3.55. The number of halogens is 2. The number of allylic oxidation sites excluding steroid dienone is 2. The Labute approximate surface area is 232 Å². The maximum Gasteiger partial charge on any atom is 0.379 e. The molecule has 0 radical (unpaired) electrons. The lowest BCUT2D eigenvalue weighted by Crippen LogP contribution is -2.52. The highest BCUT2D eigenvalue weighted by molar-refractivity contribution is 6.36. The first kappa shape index (κ1) is 26.4. The Bertz CT molecular complexity index is 1470. The molecule has 1 aliphatic carbocycles. The van der Waals surface area contributed by atoms with Crippen molar-refractivity contribution in [2.24, 2.45) is 11.8 Å². The smallest absolute Gasteiger partial charge is 0.379 e. The van der Waals surface area contributed by atoms with Crippen molar-refractivity contribution in [3.8, 4) is 5.75 Å². The minimum atomic E-state index is -0.803. The Morgan fingerprint density at radius 2 is 1.62 bits per heavy atom. The third kappa shape index (κ3) is 5.23. The molecule has 0 spiro atoms. The Balaban J connectivity index is 1.40. The summed E-state index contributed by atoms with van der Waals surface area (Å²) in [6, 6.07) is 12.8. The van der Waals surface area contributed by atoms with Gasteiger partial charge in [0.1, 0.15) is 12.3 Å². The zero-order valence-corrected chi connectivity index (χ0v) is 21.7. The van der Waals surface area contributed by atoms with Crippen molar-refractivity contribution in [3.05, 3.63) is 99.9 Å². The third-order valence-corrected chi connectivity index (χ3v) is 7.07. The van der Waals surface area contributed by atoms with Crippen LogP contribution in [0.3, 0.4) is 0 Å². The Morgan fingerprint density at radius 3 is 2.21 bits per heavy atom. The summed E-state index contributed by atoms with van der Waals surface area (Å²) in [5.41, 5.74) is 0.133. The molecule has 1 fully saturated rings. The maximum atomic E-state index is 13.6. The molecule has 5 rings (SSSR count). The SMILES string of the molecule is O=C(CN(C(=O)c1ccc(Cl)cc1Cl)N1C(=O)[C@@H]2CC=CC[C@H]2C1=O)c1ccc(OC(=O)c2ccco2)cc1. The van der Waals surface area contributed by atoms with E-state index in [1.54, 1.807) is 6.07 Å². The number of nitrogens with zero attached hydrogens (tertiary/aromatic N) is 2. The third-order valence-electron chi connectivity index (χ3n) is 6.52. The molecule has 2 heterocycles. The fourth-order valence-corrected chi connectivity index (χ4v) is 5.03. The summed E-state index contributed by atoms with van der Waals surface area (Å²) in [4.78, 5) is 65.6. The topological polar surface area (TPSA) is 114 Å². The van der Waals surface area contributed by atoms with Gasteiger partial charge in [-0.3, -0.25) is 19.2 Å². The van der Waals surface area contributed by atoms with Crippen LogP contribution in [0.2, 0.25) is 10.0 Å². The summed E-state index contributed by atoms with van der Waals surface area (Å²) in [5.74, 6) is -4.24. The summed E-state index contributed by atoms with van der Waals surface area (Å²) < 4.78 is 10.2. The van der Waals surface area contributed by atoms with E-state index < -0.39 is 47.9 Å². The van der Waals surface area contributed by atoms with E-state index in [1.807, 2.05) is 12.2 Å². The van der Waals surface area contributed by atoms with Crippen molar-refractivity contribution in [1.29, 1.82) is 0 Å². The van der Waals surface area contributed by atoms with Crippen molar-refractivity contribution in [3.63, 3.8) is 0 Å². The lowest BCUT2D eigenvalue weighted by atomic mass is 9.85. The zero-order chi connectivity index (χ0) is 27.7. The van der Waals surface area contributed by atoms with Gasteiger partial charge in [0.05, 0.1) is 28.7 Å². The van der Waals surface area contributed by atoms with Gasteiger partial charge in [-0.05, 0) is 67.4 Å². The average molecular weight is 567 g/mol. The normalized spacial score (nSPS) is 18.2. The highest BCUT2D eigenvalue weighted by Crippen LogP contribution is 2.36. The van der Waals surface area contributed by atoms with Crippen molar-refractivity contribution in [2.45, 2.75) is 12.8 Å². The van der Waals surface area contributed by atoms with Gasteiger partial charge < -0.3 is 9.15 Å². The van der Waals surface area contributed by atoms with E-state index >= 15 is 0 Å². The number of amides is 3. The molecule has 1 saturated heterocycles. The highest BCUT2D eigenvalue weighted by atomic mass is 35.5. The van der Waals surface area contributed by atoms with Gasteiger partial charge >= 0.3 is 5.97 Å². The number of benzene rings is 2. The molecule has 2 atom stereocenters. The number of ether oxygens (including phenoxy) is 1. The number of furan rings is 1. The van der Waals surface area contributed by atoms with Crippen molar-refractivity contribution < 1.29 is 33.1 Å². The molecule has 0 N–H and O–H groups in total. The van der Waals surface area contributed by atoms with Crippen LogP contribution in [0.25, 0.3) is 0 Å². The first-order valence-corrected chi connectivity index (χ1v) is 12.7. The molecule has 3 aromatic rings. The number of fused-ring (bicyclic) bond motifs is 1. The second-order valence-electron chi connectivity index (χ2n) is 8.95.